The van der Waals surface area contributed by atoms with Crippen molar-refractivity contribution >= 4 is 44.9 Å². The Bertz CT molecular complexity index is 1600. The number of nitrogens with two attached hydrogens (primary N) is 1. The summed E-state index contributed by atoms with van der Waals surface area (Å²) in [6.45, 7) is 0. The molecule has 0 aliphatic heterocycles. The summed E-state index contributed by atoms with van der Waals surface area (Å²) in [6.07, 6.45) is 6.43. The van der Waals surface area contributed by atoms with Gasteiger partial charge in [0.05, 0.1) is 17.1 Å². The van der Waals surface area contributed by atoms with E-state index in [0.29, 0.717) is 17.1 Å². The first-order chi connectivity index (χ1) is 18.1. The number of fused-ring (bicyclic) bond motifs is 2. The molecule has 0 unspecified atom stereocenters. The van der Waals surface area contributed by atoms with Crippen LogP contribution in [0.5, 0.6) is 0 Å². The molecule has 5 aromatic rings. The van der Waals surface area contributed by atoms with Gasteiger partial charge in [0.25, 0.3) is 5.91 Å². The van der Waals surface area contributed by atoms with E-state index in [0.717, 1.165) is 58.9 Å². The van der Waals surface area contributed by atoms with E-state index in [1.165, 1.54) is 0 Å². The second-order valence-electron chi connectivity index (χ2n) is 9.54. The highest BCUT2D eigenvalue weighted by Gasteiger charge is 2.21. The minimum absolute atomic E-state index is 0.178. The summed E-state index contributed by atoms with van der Waals surface area (Å²) in [5.74, 6) is 0.235. The molecular formula is C29H28N6O2. The molecule has 6 rings (SSSR count). The van der Waals surface area contributed by atoms with Crippen LogP contribution in [0.1, 0.15) is 36.0 Å². The van der Waals surface area contributed by atoms with Crippen molar-refractivity contribution < 1.29 is 9.90 Å². The molecule has 0 radical (unpaired) electrons. The Morgan fingerprint density at radius 2 is 1.73 bits per heavy atom. The van der Waals surface area contributed by atoms with Gasteiger partial charge in [-0.05, 0) is 61.4 Å². The first kappa shape index (κ1) is 23.0. The third-order valence-corrected chi connectivity index (χ3v) is 7.13. The highest BCUT2D eigenvalue weighted by molar-refractivity contribution is 6.00. The molecule has 3 aromatic carbocycles. The molecule has 37 heavy (non-hydrogen) atoms. The lowest BCUT2D eigenvalue weighted by atomic mass is 9.92. The number of anilines is 3. The summed E-state index contributed by atoms with van der Waals surface area (Å²) in [7, 11) is 0. The lowest BCUT2D eigenvalue weighted by Gasteiger charge is -2.28. The maximum atomic E-state index is 12.1. The summed E-state index contributed by atoms with van der Waals surface area (Å²) < 4.78 is 1.98. The Kier molecular flexibility index (Phi) is 5.94. The van der Waals surface area contributed by atoms with Gasteiger partial charge in [-0.1, -0.05) is 36.4 Å². The monoisotopic (exact) mass is 492 g/mol. The van der Waals surface area contributed by atoms with Crippen LogP contribution in [-0.4, -0.2) is 37.7 Å². The summed E-state index contributed by atoms with van der Waals surface area (Å²) in [5, 5.41) is 20.0. The predicted octanol–water partition coefficient (Wildman–Crippen LogP) is 5.13. The van der Waals surface area contributed by atoms with E-state index in [4.69, 9.17) is 5.73 Å². The number of aromatic nitrogens is 3. The third kappa shape index (κ3) is 4.47. The lowest BCUT2D eigenvalue weighted by molar-refractivity contribution is 0.100. The van der Waals surface area contributed by atoms with Crippen molar-refractivity contribution in [2.45, 2.75) is 37.8 Å². The second kappa shape index (κ2) is 9.55. The Balaban J connectivity index is 1.36. The van der Waals surface area contributed by atoms with Gasteiger partial charge in [0, 0.05) is 34.7 Å². The van der Waals surface area contributed by atoms with Crippen LogP contribution in [0.4, 0.5) is 17.2 Å². The van der Waals surface area contributed by atoms with E-state index in [-0.39, 0.29) is 12.1 Å². The van der Waals surface area contributed by atoms with Crippen molar-refractivity contribution in [3.63, 3.8) is 0 Å². The highest BCUT2D eigenvalue weighted by atomic mass is 16.3. The zero-order valence-electron chi connectivity index (χ0n) is 20.3. The quantitative estimate of drug-likeness (QED) is 0.261. The zero-order valence-corrected chi connectivity index (χ0v) is 20.3. The van der Waals surface area contributed by atoms with Crippen LogP contribution < -0.4 is 16.4 Å². The van der Waals surface area contributed by atoms with Crippen LogP contribution >= 0.6 is 0 Å². The molecule has 0 atom stereocenters. The SMILES string of the molecule is NC(=O)c1ccc(-n2ccc3c(Nc4cccc5ccccc45)ncnc32)cc1NC1CCC(O)CC1. The van der Waals surface area contributed by atoms with Gasteiger partial charge in [-0.3, -0.25) is 4.79 Å². The van der Waals surface area contributed by atoms with Gasteiger partial charge >= 0.3 is 0 Å². The molecule has 1 aliphatic rings. The number of hydrogen-bond donors (Lipinski definition) is 4. The largest absolute Gasteiger partial charge is 0.393 e. The summed E-state index contributed by atoms with van der Waals surface area (Å²) in [5.41, 5.74) is 9.39. The fraction of sp³-hybridized carbons (Fsp3) is 0.207. The van der Waals surface area contributed by atoms with Crippen LogP contribution in [0.3, 0.4) is 0 Å². The standard InChI is InChI=1S/C29H28N6O2/c30-27(37)23-13-10-20(16-26(23)33-19-8-11-21(36)12-9-19)35-15-14-24-28(31-17-32-29(24)35)34-25-7-3-5-18-4-1-2-6-22(18)25/h1-7,10,13-17,19,21,33,36H,8-9,11-12H2,(H2,30,37)(H,31,32,34). The van der Waals surface area contributed by atoms with Crippen molar-refractivity contribution in [2.75, 3.05) is 10.6 Å². The summed E-state index contributed by atoms with van der Waals surface area (Å²) >= 11 is 0. The van der Waals surface area contributed by atoms with E-state index in [1.807, 2.05) is 53.2 Å². The molecular weight excluding hydrogens is 464 g/mol. The van der Waals surface area contributed by atoms with E-state index in [2.05, 4.69) is 38.8 Å². The number of carbonyl (C=O) groups excluding carboxylic acids is 1. The van der Waals surface area contributed by atoms with Crippen molar-refractivity contribution in [1.82, 2.24) is 14.5 Å². The third-order valence-electron chi connectivity index (χ3n) is 7.13. The minimum Gasteiger partial charge on any atom is -0.393 e. The van der Waals surface area contributed by atoms with E-state index in [1.54, 1.807) is 12.4 Å². The van der Waals surface area contributed by atoms with E-state index in [9.17, 15) is 9.90 Å². The van der Waals surface area contributed by atoms with Gasteiger partial charge in [0.2, 0.25) is 0 Å². The number of nitrogens with zero attached hydrogens (tertiary/aromatic N) is 3. The first-order valence-corrected chi connectivity index (χ1v) is 12.5. The van der Waals surface area contributed by atoms with Crippen LogP contribution in [-0.2, 0) is 0 Å². The fourth-order valence-corrected chi connectivity index (χ4v) is 5.18. The first-order valence-electron chi connectivity index (χ1n) is 12.5. The van der Waals surface area contributed by atoms with Crippen LogP contribution in [0.25, 0.3) is 27.5 Å². The molecule has 5 N–H and O–H groups in total. The molecule has 1 saturated carbocycles. The zero-order chi connectivity index (χ0) is 25.4. The number of carbonyl (C=O) groups is 1. The number of aliphatic hydroxyl groups is 1. The molecule has 1 fully saturated rings. The van der Waals surface area contributed by atoms with Gasteiger partial charge < -0.3 is 26.0 Å². The van der Waals surface area contributed by atoms with Gasteiger partial charge in [-0.2, -0.15) is 0 Å². The maximum absolute atomic E-state index is 12.1. The molecule has 186 valence electrons. The van der Waals surface area contributed by atoms with Gasteiger partial charge in [0.1, 0.15) is 17.8 Å². The number of nitrogens with one attached hydrogen (secondary N) is 2. The van der Waals surface area contributed by atoms with Gasteiger partial charge in [-0.25, -0.2) is 9.97 Å². The molecule has 8 heteroatoms. The Morgan fingerprint density at radius 3 is 2.57 bits per heavy atom. The number of hydrogen-bond acceptors (Lipinski definition) is 6. The molecule has 0 bridgehead atoms. The average molecular weight is 493 g/mol. The number of amides is 1. The normalized spacial score (nSPS) is 17.6. The molecule has 0 spiro atoms. The molecule has 2 heterocycles. The van der Waals surface area contributed by atoms with Gasteiger partial charge in [0.15, 0.2) is 0 Å². The number of rotatable bonds is 6. The Labute approximate surface area is 214 Å². The Morgan fingerprint density at radius 1 is 0.919 bits per heavy atom. The Hall–Kier alpha value is -4.43. The maximum Gasteiger partial charge on any atom is 0.250 e. The number of primary amides is 1. The number of benzene rings is 3. The van der Waals surface area contributed by atoms with E-state index < -0.39 is 5.91 Å². The van der Waals surface area contributed by atoms with Crippen molar-refractivity contribution in [3.8, 4) is 5.69 Å². The molecule has 8 nitrogen and oxygen atoms in total. The van der Waals surface area contributed by atoms with Crippen molar-refractivity contribution in [1.29, 1.82) is 0 Å². The van der Waals surface area contributed by atoms with Crippen LogP contribution in [0, 0.1) is 0 Å². The highest BCUT2D eigenvalue weighted by Crippen LogP contribution is 2.31. The van der Waals surface area contributed by atoms with E-state index >= 15 is 0 Å². The minimum atomic E-state index is -0.480. The van der Waals surface area contributed by atoms with Crippen LogP contribution in [0.2, 0.25) is 0 Å². The topological polar surface area (TPSA) is 118 Å². The molecule has 0 saturated heterocycles. The predicted molar refractivity (Wildman–Crippen MR) is 146 cm³/mol. The molecule has 2 aromatic heterocycles. The smallest absolute Gasteiger partial charge is 0.250 e. The fourth-order valence-electron chi connectivity index (χ4n) is 5.18. The summed E-state index contributed by atoms with van der Waals surface area (Å²) in [6, 6.07) is 22.1. The van der Waals surface area contributed by atoms with Crippen molar-refractivity contribution in [2.24, 2.45) is 5.73 Å². The van der Waals surface area contributed by atoms with Crippen LogP contribution in [0.15, 0.2) is 79.3 Å². The molecule has 1 aliphatic carbocycles. The lowest BCUT2D eigenvalue weighted by Crippen LogP contribution is -2.29. The molecule has 1 amide bonds. The second-order valence-corrected chi connectivity index (χ2v) is 9.54. The summed E-state index contributed by atoms with van der Waals surface area (Å²) in [4.78, 5) is 21.2. The van der Waals surface area contributed by atoms with Crippen molar-refractivity contribution in [3.05, 3.63) is 84.8 Å². The van der Waals surface area contributed by atoms with Gasteiger partial charge in [-0.15, -0.1) is 0 Å². The number of aliphatic hydroxyl groups excluding tert-OH is 1. The average Bonchev–Trinajstić information content (AvgIpc) is 3.35.